The van der Waals surface area contributed by atoms with Gasteiger partial charge in [-0.2, -0.15) is 6.42 Å². The molecule has 0 heterocycles. The zero-order chi connectivity index (χ0) is 16.1. The van der Waals surface area contributed by atoms with E-state index in [4.69, 9.17) is 0 Å². The molecule has 0 spiro atoms. The smallest absolute Gasteiger partial charge is 0.343 e. The molecule has 134 valence electrons. The van der Waals surface area contributed by atoms with E-state index in [1.807, 2.05) is 0 Å². The fourth-order valence-electron chi connectivity index (χ4n) is 3.26. The van der Waals surface area contributed by atoms with Gasteiger partial charge in [0.1, 0.15) is 0 Å². The van der Waals surface area contributed by atoms with Gasteiger partial charge in [0.05, 0.1) is 0 Å². The molecule has 0 aromatic heterocycles. The first-order chi connectivity index (χ1) is 10.9. The Labute approximate surface area is 171 Å². The average molecular weight is 333 g/mol. The van der Waals surface area contributed by atoms with Crippen LogP contribution >= 0.6 is 0 Å². The molecule has 1 heteroatoms. The number of hydrogen-bond donors (Lipinski definition) is 0. The summed E-state index contributed by atoms with van der Waals surface area (Å²) in [6.45, 7) is 6.20. The number of unbranched alkanes of at least 4 members (excludes halogenated alkanes) is 19. The molecule has 0 atom stereocenters. The van der Waals surface area contributed by atoms with E-state index in [9.17, 15) is 0 Å². The van der Waals surface area contributed by atoms with Crippen molar-refractivity contribution in [1.82, 2.24) is 0 Å². The topological polar surface area (TPSA) is 0 Å². The third-order valence-corrected chi connectivity index (χ3v) is 4.85. The molecule has 0 saturated carbocycles. The summed E-state index contributed by atoms with van der Waals surface area (Å²) in [6, 6.07) is 0. The Bertz CT molecular complexity index is 159. The standard InChI is InChI=1S/C22H45.Na/c1-3-5-7-9-11-13-15-17-19-21-22-20-18-16-14-12-10-8-6-4-2;/h1,3-22H2,2H3;/q-1;+1. The van der Waals surface area contributed by atoms with Crippen LogP contribution in [-0.4, -0.2) is 0 Å². The van der Waals surface area contributed by atoms with Crippen molar-refractivity contribution in [2.45, 2.75) is 135 Å². The van der Waals surface area contributed by atoms with Crippen LogP contribution in [0.15, 0.2) is 0 Å². The normalized spacial score (nSPS) is 10.7. The van der Waals surface area contributed by atoms with Crippen LogP contribution in [0.25, 0.3) is 0 Å². The van der Waals surface area contributed by atoms with Gasteiger partial charge in [-0.15, -0.1) is 0 Å². The van der Waals surface area contributed by atoms with Crippen molar-refractivity contribution in [3.8, 4) is 0 Å². The van der Waals surface area contributed by atoms with Gasteiger partial charge in [0, 0.05) is 0 Å². The van der Waals surface area contributed by atoms with Crippen LogP contribution in [0.4, 0.5) is 0 Å². The molecule has 0 bridgehead atoms. The van der Waals surface area contributed by atoms with Crippen LogP contribution in [-0.2, 0) is 0 Å². The van der Waals surface area contributed by atoms with Gasteiger partial charge >= 0.3 is 29.6 Å². The molecule has 0 aliphatic rings. The molecule has 0 nitrogen and oxygen atoms in total. The third kappa shape index (κ3) is 25.4. The van der Waals surface area contributed by atoms with Crippen LogP contribution in [0, 0.1) is 6.92 Å². The molecular formula is C22H45Na. The maximum absolute atomic E-state index is 3.90. The fraction of sp³-hybridized carbons (Fsp3) is 0.955. The fourth-order valence-corrected chi connectivity index (χ4v) is 3.26. The second-order valence-electron chi connectivity index (χ2n) is 7.22. The predicted molar refractivity (Wildman–Crippen MR) is 103 cm³/mol. The second kappa shape index (κ2) is 25.2. The van der Waals surface area contributed by atoms with E-state index in [-0.39, 0.29) is 29.6 Å². The molecule has 0 aliphatic heterocycles. The maximum atomic E-state index is 3.90. The van der Waals surface area contributed by atoms with Gasteiger partial charge in [-0.05, 0) is 0 Å². The van der Waals surface area contributed by atoms with Gasteiger partial charge in [0.2, 0.25) is 0 Å². The molecule has 0 rings (SSSR count). The van der Waals surface area contributed by atoms with E-state index in [2.05, 4.69) is 13.8 Å². The SMILES string of the molecule is [CH2-]CCCCCCCCCCCCCCCCCCCCC.[Na+]. The molecular weight excluding hydrogens is 287 g/mol. The Balaban J connectivity index is 0. The van der Waals surface area contributed by atoms with E-state index in [0.29, 0.717) is 0 Å². The number of hydrogen-bond acceptors (Lipinski definition) is 0. The van der Waals surface area contributed by atoms with Crippen LogP contribution in [0.5, 0.6) is 0 Å². The van der Waals surface area contributed by atoms with Crippen LogP contribution < -0.4 is 29.6 Å². The maximum Gasteiger partial charge on any atom is 1.00 e. The molecule has 0 N–H and O–H groups in total. The van der Waals surface area contributed by atoms with Crippen molar-refractivity contribution in [3.63, 3.8) is 0 Å². The molecule has 0 amide bonds. The Hall–Kier alpha value is 1.00. The summed E-state index contributed by atoms with van der Waals surface area (Å²) < 4.78 is 0. The Morgan fingerprint density at radius 1 is 0.391 bits per heavy atom. The van der Waals surface area contributed by atoms with Crippen LogP contribution in [0.3, 0.4) is 0 Å². The first kappa shape index (κ1) is 26.2. The van der Waals surface area contributed by atoms with E-state index in [1.54, 1.807) is 0 Å². The monoisotopic (exact) mass is 332 g/mol. The molecule has 0 aliphatic carbocycles. The summed E-state index contributed by atoms with van der Waals surface area (Å²) in [5.74, 6) is 0. The molecule has 0 aromatic rings. The third-order valence-electron chi connectivity index (χ3n) is 4.85. The minimum absolute atomic E-state index is 0. The van der Waals surface area contributed by atoms with Crippen molar-refractivity contribution in [3.05, 3.63) is 6.92 Å². The first-order valence-electron chi connectivity index (χ1n) is 10.7. The molecule has 0 aromatic carbocycles. The summed E-state index contributed by atoms with van der Waals surface area (Å²) >= 11 is 0. The molecule has 0 saturated heterocycles. The van der Waals surface area contributed by atoms with Gasteiger partial charge in [0.25, 0.3) is 0 Å². The van der Waals surface area contributed by atoms with Gasteiger partial charge in [-0.1, -0.05) is 129 Å². The average Bonchev–Trinajstić information content (AvgIpc) is 2.54. The predicted octanol–water partition coefficient (Wildman–Crippen LogP) is 5.65. The zero-order valence-corrected chi connectivity index (χ0v) is 18.8. The second-order valence-corrected chi connectivity index (χ2v) is 7.22. The zero-order valence-electron chi connectivity index (χ0n) is 16.8. The van der Waals surface area contributed by atoms with Crippen molar-refractivity contribution in [2.24, 2.45) is 0 Å². The van der Waals surface area contributed by atoms with Crippen LogP contribution in [0.1, 0.15) is 135 Å². The van der Waals surface area contributed by atoms with Gasteiger partial charge in [-0.3, -0.25) is 0 Å². The Morgan fingerprint density at radius 3 is 0.826 bits per heavy atom. The summed E-state index contributed by atoms with van der Waals surface area (Å²) in [7, 11) is 0. The quantitative estimate of drug-likeness (QED) is 0.163. The molecule has 0 radical (unpaired) electrons. The van der Waals surface area contributed by atoms with E-state index < -0.39 is 0 Å². The minimum atomic E-state index is 0. The van der Waals surface area contributed by atoms with Gasteiger partial charge in [0.15, 0.2) is 0 Å². The van der Waals surface area contributed by atoms with Crippen molar-refractivity contribution >= 4 is 0 Å². The summed E-state index contributed by atoms with van der Waals surface area (Å²) in [5, 5.41) is 0. The van der Waals surface area contributed by atoms with Gasteiger partial charge < -0.3 is 6.92 Å². The van der Waals surface area contributed by atoms with Crippen molar-refractivity contribution in [2.75, 3.05) is 0 Å². The minimum Gasteiger partial charge on any atom is -0.343 e. The molecule has 23 heavy (non-hydrogen) atoms. The molecule has 0 unspecified atom stereocenters. The molecule has 0 fully saturated rings. The summed E-state index contributed by atoms with van der Waals surface area (Å²) in [5.41, 5.74) is 0. The largest absolute Gasteiger partial charge is 1.00 e. The van der Waals surface area contributed by atoms with Crippen molar-refractivity contribution in [1.29, 1.82) is 0 Å². The van der Waals surface area contributed by atoms with Gasteiger partial charge in [-0.25, -0.2) is 0 Å². The van der Waals surface area contributed by atoms with Crippen LogP contribution in [0.2, 0.25) is 0 Å². The Kier molecular flexibility index (Phi) is 28.8. The van der Waals surface area contributed by atoms with E-state index in [0.717, 1.165) is 6.42 Å². The van der Waals surface area contributed by atoms with E-state index >= 15 is 0 Å². The number of rotatable bonds is 19. The van der Waals surface area contributed by atoms with E-state index in [1.165, 1.54) is 122 Å². The summed E-state index contributed by atoms with van der Waals surface area (Å²) in [6.07, 6.45) is 28.8. The van der Waals surface area contributed by atoms with Crippen molar-refractivity contribution < 1.29 is 29.6 Å². The summed E-state index contributed by atoms with van der Waals surface area (Å²) in [4.78, 5) is 0. The first-order valence-corrected chi connectivity index (χ1v) is 10.7. The Morgan fingerprint density at radius 2 is 0.609 bits per heavy atom.